The van der Waals surface area contributed by atoms with Crippen molar-refractivity contribution < 1.29 is 9.53 Å². The van der Waals surface area contributed by atoms with Crippen LogP contribution < -0.4 is 10.1 Å². The number of carbonyl (C=O) groups is 1. The van der Waals surface area contributed by atoms with Crippen LogP contribution in [0.15, 0.2) is 30.9 Å². The van der Waals surface area contributed by atoms with Crippen molar-refractivity contribution in [2.45, 2.75) is 32.4 Å². The van der Waals surface area contributed by atoms with Crippen LogP contribution in [0.2, 0.25) is 10.0 Å². The minimum absolute atomic E-state index is 0.0178. The summed E-state index contributed by atoms with van der Waals surface area (Å²) in [5.74, 6) is 0.541. The average Bonchev–Trinajstić information content (AvgIpc) is 2.98. The number of nitrogens with one attached hydrogen (secondary N) is 1. The van der Waals surface area contributed by atoms with Gasteiger partial charge in [0.15, 0.2) is 0 Å². The van der Waals surface area contributed by atoms with E-state index in [0.717, 1.165) is 0 Å². The number of benzene rings is 1. The van der Waals surface area contributed by atoms with Crippen LogP contribution in [0.25, 0.3) is 0 Å². The van der Waals surface area contributed by atoms with Crippen molar-refractivity contribution in [1.82, 2.24) is 20.1 Å². The number of nitrogens with zero attached hydrogens (tertiary/aromatic N) is 3. The van der Waals surface area contributed by atoms with Crippen molar-refractivity contribution >= 4 is 29.1 Å². The smallest absolute Gasteiger partial charge is 0.220 e. The van der Waals surface area contributed by atoms with Crippen LogP contribution in [0.1, 0.15) is 19.8 Å². The van der Waals surface area contributed by atoms with Crippen molar-refractivity contribution in [2.75, 3.05) is 6.61 Å². The Labute approximate surface area is 144 Å². The second kappa shape index (κ2) is 8.74. The molecule has 2 rings (SSSR count). The summed E-state index contributed by atoms with van der Waals surface area (Å²) in [6, 6.07) is 5.03. The number of carbonyl (C=O) groups excluding carboxylic acids is 1. The highest BCUT2D eigenvalue weighted by Crippen LogP contribution is 2.27. The standard InChI is InChI=1S/C15H18Cl2N4O2/c1-11(8-21-10-18-9-19-21)20-15(22)3-2-6-23-14-5-4-12(16)7-13(14)17/h4-5,7,9-11H,2-3,6,8H2,1H3,(H,20,22). The summed E-state index contributed by atoms with van der Waals surface area (Å²) in [7, 11) is 0. The molecule has 1 atom stereocenters. The summed E-state index contributed by atoms with van der Waals surface area (Å²) in [5.41, 5.74) is 0. The van der Waals surface area contributed by atoms with Crippen LogP contribution in [0, 0.1) is 0 Å². The molecule has 1 heterocycles. The lowest BCUT2D eigenvalue weighted by Gasteiger charge is -2.13. The zero-order valence-electron chi connectivity index (χ0n) is 12.7. The number of hydrogen-bond donors (Lipinski definition) is 1. The van der Waals surface area contributed by atoms with Gasteiger partial charge in [-0.2, -0.15) is 5.10 Å². The second-order valence-corrected chi connectivity index (χ2v) is 5.96. The molecule has 6 nitrogen and oxygen atoms in total. The summed E-state index contributed by atoms with van der Waals surface area (Å²) < 4.78 is 7.22. The Morgan fingerprint density at radius 2 is 2.26 bits per heavy atom. The number of rotatable bonds is 8. The third-order valence-electron chi connectivity index (χ3n) is 3.03. The summed E-state index contributed by atoms with van der Waals surface area (Å²) in [6.07, 6.45) is 4.06. The molecule has 0 bridgehead atoms. The van der Waals surface area contributed by atoms with E-state index >= 15 is 0 Å². The van der Waals surface area contributed by atoms with Crippen molar-refractivity contribution in [3.63, 3.8) is 0 Å². The molecule has 1 unspecified atom stereocenters. The average molecular weight is 357 g/mol. The lowest BCUT2D eigenvalue weighted by atomic mass is 10.2. The van der Waals surface area contributed by atoms with Gasteiger partial charge < -0.3 is 10.1 Å². The molecule has 1 N–H and O–H groups in total. The number of amides is 1. The Bertz CT molecular complexity index is 634. The number of hydrogen-bond acceptors (Lipinski definition) is 4. The van der Waals surface area contributed by atoms with Crippen LogP contribution in [0.4, 0.5) is 0 Å². The molecule has 0 saturated heterocycles. The monoisotopic (exact) mass is 356 g/mol. The summed E-state index contributed by atoms with van der Waals surface area (Å²) in [5, 5.41) is 7.93. The molecular formula is C15H18Cl2N4O2. The SMILES string of the molecule is CC(Cn1cncn1)NC(=O)CCCOc1ccc(Cl)cc1Cl. The predicted octanol–water partition coefficient (Wildman–Crippen LogP) is 2.95. The van der Waals surface area contributed by atoms with Gasteiger partial charge >= 0.3 is 0 Å². The van der Waals surface area contributed by atoms with Crippen molar-refractivity contribution in [1.29, 1.82) is 0 Å². The van der Waals surface area contributed by atoms with Crippen LogP contribution in [0.5, 0.6) is 5.75 Å². The lowest BCUT2D eigenvalue weighted by Crippen LogP contribution is -2.35. The topological polar surface area (TPSA) is 69.0 Å². The molecule has 0 saturated carbocycles. The maximum Gasteiger partial charge on any atom is 0.220 e. The maximum absolute atomic E-state index is 11.8. The molecule has 1 amide bonds. The minimum atomic E-state index is -0.0246. The van der Waals surface area contributed by atoms with Crippen molar-refractivity contribution in [2.24, 2.45) is 0 Å². The van der Waals surface area contributed by atoms with E-state index in [9.17, 15) is 4.79 Å². The molecule has 2 aromatic rings. The number of halogens is 2. The zero-order valence-corrected chi connectivity index (χ0v) is 14.2. The van der Waals surface area contributed by atoms with E-state index in [1.54, 1.807) is 29.2 Å². The van der Waals surface area contributed by atoms with Crippen LogP contribution in [-0.2, 0) is 11.3 Å². The first-order valence-electron chi connectivity index (χ1n) is 7.24. The van der Waals surface area contributed by atoms with Crippen molar-refractivity contribution in [3.05, 3.63) is 40.9 Å². The van der Waals surface area contributed by atoms with E-state index in [-0.39, 0.29) is 11.9 Å². The summed E-state index contributed by atoms with van der Waals surface area (Å²) in [4.78, 5) is 15.7. The molecule has 0 fully saturated rings. The number of ether oxygens (including phenoxy) is 1. The molecule has 124 valence electrons. The Morgan fingerprint density at radius 1 is 1.43 bits per heavy atom. The fourth-order valence-corrected chi connectivity index (χ4v) is 2.47. The first kappa shape index (κ1) is 17.6. The highest BCUT2D eigenvalue weighted by molar-refractivity contribution is 6.35. The Balaban J connectivity index is 1.64. The minimum Gasteiger partial charge on any atom is -0.492 e. The molecule has 0 aliphatic heterocycles. The molecular weight excluding hydrogens is 339 g/mol. The highest BCUT2D eigenvalue weighted by Gasteiger charge is 2.09. The van der Waals surface area contributed by atoms with Crippen molar-refractivity contribution in [3.8, 4) is 5.75 Å². The van der Waals surface area contributed by atoms with E-state index in [2.05, 4.69) is 15.4 Å². The number of aromatic nitrogens is 3. The van der Waals surface area contributed by atoms with Gasteiger partial charge in [0, 0.05) is 17.5 Å². The third kappa shape index (κ3) is 6.08. The molecule has 0 spiro atoms. The van der Waals surface area contributed by atoms with E-state index in [1.165, 1.54) is 6.33 Å². The Hall–Kier alpha value is -1.79. The van der Waals surface area contributed by atoms with Crippen LogP contribution in [0.3, 0.4) is 0 Å². The van der Waals surface area contributed by atoms with Gasteiger partial charge in [-0.25, -0.2) is 4.98 Å². The van der Waals surface area contributed by atoms with E-state index in [4.69, 9.17) is 27.9 Å². The Kier molecular flexibility index (Phi) is 6.67. The highest BCUT2D eigenvalue weighted by atomic mass is 35.5. The van der Waals surface area contributed by atoms with Gasteiger partial charge in [0.25, 0.3) is 0 Å². The van der Waals surface area contributed by atoms with E-state index in [0.29, 0.717) is 41.8 Å². The van der Waals surface area contributed by atoms with Crippen LogP contribution in [-0.4, -0.2) is 33.3 Å². The molecule has 23 heavy (non-hydrogen) atoms. The van der Waals surface area contributed by atoms with Gasteiger partial charge in [-0.3, -0.25) is 9.48 Å². The van der Waals surface area contributed by atoms with Gasteiger partial charge in [-0.15, -0.1) is 0 Å². The van der Waals surface area contributed by atoms with Gasteiger partial charge in [-0.05, 0) is 31.5 Å². The molecule has 1 aromatic carbocycles. The zero-order chi connectivity index (χ0) is 16.7. The molecule has 0 aliphatic rings. The van der Waals surface area contributed by atoms with E-state index in [1.807, 2.05) is 6.92 Å². The second-order valence-electron chi connectivity index (χ2n) is 5.11. The fourth-order valence-electron chi connectivity index (χ4n) is 2.01. The van der Waals surface area contributed by atoms with Gasteiger partial charge in [0.1, 0.15) is 18.4 Å². The molecule has 1 aromatic heterocycles. The summed E-state index contributed by atoms with van der Waals surface area (Å²) in [6.45, 7) is 2.92. The molecule has 0 aliphatic carbocycles. The lowest BCUT2D eigenvalue weighted by molar-refractivity contribution is -0.122. The van der Waals surface area contributed by atoms with Gasteiger partial charge in [0.05, 0.1) is 18.2 Å². The molecule has 8 heteroatoms. The fraction of sp³-hybridized carbons (Fsp3) is 0.400. The quantitative estimate of drug-likeness (QED) is 0.738. The summed E-state index contributed by atoms with van der Waals surface area (Å²) >= 11 is 11.8. The Morgan fingerprint density at radius 3 is 2.96 bits per heavy atom. The largest absolute Gasteiger partial charge is 0.492 e. The molecule has 0 radical (unpaired) electrons. The van der Waals surface area contributed by atoms with Gasteiger partial charge in [0.2, 0.25) is 5.91 Å². The first-order chi connectivity index (χ1) is 11.0. The predicted molar refractivity (Wildman–Crippen MR) is 88.8 cm³/mol. The first-order valence-corrected chi connectivity index (χ1v) is 8.00. The maximum atomic E-state index is 11.8. The van der Waals surface area contributed by atoms with Crippen LogP contribution >= 0.6 is 23.2 Å². The third-order valence-corrected chi connectivity index (χ3v) is 3.57. The van der Waals surface area contributed by atoms with E-state index < -0.39 is 0 Å². The van der Waals surface area contributed by atoms with Gasteiger partial charge in [-0.1, -0.05) is 23.2 Å². The normalized spacial score (nSPS) is 12.0.